The highest BCUT2D eigenvalue weighted by molar-refractivity contribution is 6.11. The van der Waals surface area contributed by atoms with Crippen molar-refractivity contribution in [2.24, 2.45) is 5.73 Å². The highest BCUT2D eigenvalue weighted by atomic mass is 19.4. The highest BCUT2D eigenvalue weighted by Gasteiger charge is 2.35. The molecule has 164 valence electrons. The number of hydrogen-bond acceptors (Lipinski definition) is 6. The Kier molecular flexibility index (Phi) is 10.1. The minimum absolute atomic E-state index is 0.0299. The smallest absolute Gasteiger partial charge is 0.419 e. The van der Waals surface area contributed by atoms with Crippen LogP contribution in [0.1, 0.15) is 23.1 Å². The summed E-state index contributed by atoms with van der Waals surface area (Å²) in [6.45, 7) is 3.97. The van der Waals surface area contributed by atoms with Crippen LogP contribution in [-0.4, -0.2) is 64.7 Å². The molecule has 0 atom stereocenters. The van der Waals surface area contributed by atoms with Gasteiger partial charge in [-0.1, -0.05) is 0 Å². The van der Waals surface area contributed by atoms with Gasteiger partial charge in [0.25, 0.3) is 0 Å². The van der Waals surface area contributed by atoms with Gasteiger partial charge in [0.1, 0.15) is 5.75 Å². The van der Waals surface area contributed by atoms with Crippen LogP contribution in [-0.2, 0) is 10.9 Å². The molecule has 0 aromatic heterocycles. The maximum atomic E-state index is 13.6. The summed E-state index contributed by atoms with van der Waals surface area (Å²) in [5.41, 5.74) is 5.90. The number of nitrogens with two attached hydrogens (primary N) is 1. The van der Waals surface area contributed by atoms with Gasteiger partial charge in [-0.3, -0.25) is 5.41 Å². The molecular formula is C20H31F3N4O2. The number of rotatable bonds is 12. The molecular weight excluding hydrogens is 385 g/mol. The summed E-state index contributed by atoms with van der Waals surface area (Å²) in [7, 11) is 5.21. The Morgan fingerprint density at radius 2 is 2.00 bits per heavy atom. The van der Waals surface area contributed by atoms with Gasteiger partial charge < -0.3 is 25.4 Å². The van der Waals surface area contributed by atoms with E-state index in [-0.39, 0.29) is 23.6 Å². The second kappa shape index (κ2) is 11.8. The summed E-state index contributed by atoms with van der Waals surface area (Å²) in [5.74, 6) is -0.243. The van der Waals surface area contributed by atoms with Crippen molar-refractivity contribution >= 4 is 5.71 Å². The molecule has 0 radical (unpaired) electrons. The Balaban J connectivity index is 3.15. The number of halogens is 3. The van der Waals surface area contributed by atoms with Gasteiger partial charge in [-0.05, 0) is 38.7 Å². The summed E-state index contributed by atoms with van der Waals surface area (Å²) < 4.78 is 51.0. The molecule has 1 aromatic rings. The summed E-state index contributed by atoms with van der Waals surface area (Å²) in [5, 5.41) is 11.5. The number of ether oxygens (including phenoxy) is 2. The zero-order valence-electron chi connectivity index (χ0n) is 17.4. The van der Waals surface area contributed by atoms with Crippen molar-refractivity contribution in [2.75, 3.05) is 54.1 Å². The lowest BCUT2D eigenvalue weighted by Crippen LogP contribution is -2.31. The van der Waals surface area contributed by atoms with Gasteiger partial charge in [0.05, 0.1) is 17.9 Å². The number of methoxy groups -OCH3 is 1. The first-order valence-corrected chi connectivity index (χ1v) is 9.32. The molecule has 1 aromatic carbocycles. The van der Waals surface area contributed by atoms with E-state index in [9.17, 15) is 13.2 Å². The molecule has 0 fully saturated rings. The molecule has 0 aliphatic carbocycles. The maximum Gasteiger partial charge on any atom is 0.419 e. The van der Waals surface area contributed by atoms with Crippen LogP contribution in [0.25, 0.3) is 0 Å². The monoisotopic (exact) mass is 416 g/mol. The van der Waals surface area contributed by atoms with Crippen LogP contribution in [0.5, 0.6) is 5.75 Å². The SMILES string of the molecule is CNCCN(C)C/C(=C/N)C(=N)c1cc(C(F)(F)F)c(OCCCOC)cc1C. The molecule has 0 saturated carbocycles. The molecule has 0 bridgehead atoms. The van der Waals surface area contributed by atoms with Crippen LogP contribution in [0, 0.1) is 12.3 Å². The molecule has 6 nitrogen and oxygen atoms in total. The average Bonchev–Trinajstić information content (AvgIpc) is 2.66. The van der Waals surface area contributed by atoms with Crippen molar-refractivity contribution in [3.05, 3.63) is 40.6 Å². The average molecular weight is 416 g/mol. The van der Waals surface area contributed by atoms with Crippen molar-refractivity contribution in [3.63, 3.8) is 0 Å². The minimum atomic E-state index is -4.60. The minimum Gasteiger partial charge on any atom is -0.493 e. The van der Waals surface area contributed by atoms with E-state index in [2.05, 4.69) is 5.32 Å². The van der Waals surface area contributed by atoms with Crippen LogP contribution in [0.15, 0.2) is 23.9 Å². The number of hydrogen-bond donors (Lipinski definition) is 3. The molecule has 0 amide bonds. The zero-order chi connectivity index (χ0) is 22.0. The fourth-order valence-electron chi connectivity index (χ4n) is 2.74. The first-order valence-electron chi connectivity index (χ1n) is 9.32. The van der Waals surface area contributed by atoms with E-state index in [0.29, 0.717) is 37.3 Å². The second-order valence-electron chi connectivity index (χ2n) is 6.76. The van der Waals surface area contributed by atoms with Gasteiger partial charge in [-0.15, -0.1) is 0 Å². The van der Waals surface area contributed by atoms with Crippen molar-refractivity contribution < 1.29 is 22.6 Å². The molecule has 0 saturated heterocycles. The van der Waals surface area contributed by atoms with E-state index in [1.165, 1.54) is 19.4 Å². The predicted molar refractivity (Wildman–Crippen MR) is 109 cm³/mol. The first kappa shape index (κ1) is 24.9. The van der Waals surface area contributed by atoms with Gasteiger partial charge in [-0.25, -0.2) is 0 Å². The number of likely N-dealkylation sites (N-methyl/N-ethyl adjacent to an activating group) is 2. The lowest BCUT2D eigenvalue weighted by atomic mass is 9.95. The Bertz CT molecular complexity index is 706. The van der Waals surface area contributed by atoms with Gasteiger partial charge in [-0.2, -0.15) is 13.2 Å². The number of nitrogens with one attached hydrogen (secondary N) is 2. The quantitative estimate of drug-likeness (QED) is 0.361. The van der Waals surface area contributed by atoms with Crippen LogP contribution in [0.3, 0.4) is 0 Å². The van der Waals surface area contributed by atoms with Crippen molar-refractivity contribution in [1.82, 2.24) is 10.2 Å². The van der Waals surface area contributed by atoms with E-state index < -0.39 is 11.7 Å². The third kappa shape index (κ3) is 7.68. The predicted octanol–water partition coefficient (Wildman–Crippen LogP) is 2.79. The number of benzene rings is 1. The summed E-state index contributed by atoms with van der Waals surface area (Å²) >= 11 is 0. The molecule has 0 unspecified atom stereocenters. The highest BCUT2D eigenvalue weighted by Crippen LogP contribution is 2.38. The Hall–Kier alpha value is -2.10. The van der Waals surface area contributed by atoms with Gasteiger partial charge in [0.15, 0.2) is 0 Å². The number of aryl methyl sites for hydroxylation is 1. The van der Waals surface area contributed by atoms with Crippen molar-refractivity contribution in [1.29, 1.82) is 5.41 Å². The topological polar surface area (TPSA) is 83.6 Å². The van der Waals surface area contributed by atoms with E-state index in [1.807, 2.05) is 19.0 Å². The molecule has 0 spiro atoms. The molecule has 0 aliphatic heterocycles. The summed E-state index contributed by atoms with van der Waals surface area (Å²) in [6.07, 6.45) is -2.85. The number of alkyl halides is 3. The summed E-state index contributed by atoms with van der Waals surface area (Å²) in [4.78, 5) is 1.94. The fourth-order valence-corrected chi connectivity index (χ4v) is 2.74. The molecule has 29 heavy (non-hydrogen) atoms. The largest absolute Gasteiger partial charge is 0.493 e. The second-order valence-corrected chi connectivity index (χ2v) is 6.76. The molecule has 1 rings (SSSR count). The first-order chi connectivity index (χ1) is 13.6. The standard InChI is InChI=1S/C20H31F3N4O2/c1-14-10-18(29-9-5-8-28-4)17(20(21,22)23)11-16(14)19(25)15(12-24)13-27(3)7-6-26-2/h10-12,25-26H,5-9,13,24H2,1-4H3/b15-12-,25-19?. The molecule has 0 aliphatic rings. The fraction of sp³-hybridized carbons (Fsp3) is 0.550. The van der Waals surface area contributed by atoms with Crippen LogP contribution in [0.2, 0.25) is 0 Å². The van der Waals surface area contributed by atoms with Gasteiger partial charge >= 0.3 is 6.18 Å². The van der Waals surface area contributed by atoms with E-state index in [0.717, 1.165) is 12.6 Å². The molecule has 9 heteroatoms. The third-order valence-electron chi connectivity index (χ3n) is 4.36. The lowest BCUT2D eigenvalue weighted by molar-refractivity contribution is -0.139. The third-order valence-corrected chi connectivity index (χ3v) is 4.36. The molecule has 0 heterocycles. The zero-order valence-corrected chi connectivity index (χ0v) is 17.4. The van der Waals surface area contributed by atoms with E-state index in [1.54, 1.807) is 6.92 Å². The Labute approximate surface area is 170 Å². The lowest BCUT2D eigenvalue weighted by Gasteiger charge is -2.21. The van der Waals surface area contributed by atoms with E-state index in [4.69, 9.17) is 20.6 Å². The maximum absolute atomic E-state index is 13.6. The van der Waals surface area contributed by atoms with Gasteiger partial charge in [0.2, 0.25) is 0 Å². The van der Waals surface area contributed by atoms with Crippen LogP contribution < -0.4 is 15.8 Å². The Morgan fingerprint density at radius 1 is 1.31 bits per heavy atom. The van der Waals surface area contributed by atoms with Crippen molar-refractivity contribution in [2.45, 2.75) is 19.5 Å². The van der Waals surface area contributed by atoms with Gasteiger partial charge in [0, 0.05) is 57.1 Å². The van der Waals surface area contributed by atoms with Crippen LogP contribution in [0.4, 0.5) is 13.2 Å². The van der Waals surface area contributed by atoms with Crippen LogP contribution >= 0.6 is 0 Å². The molecule has 4 N–H and O–H groups in total. The summed E-state index contributed by atoms with van der Waals surface area (Å²) in [6, 6.07) is 2.30. The normalized spacial score (nSPS) is 12.5. The Morgan fingerprint density at radius 3 is 2.55 bits per heavy atom. The number of nitrogens with zero attached hydrogens (tertiary/aromatic N) is 1. The van der Waals surface area contributed by atoms with Crippen molar-refractivity contribution in [3.8, 4) is 5.75 Å². The van der Waals surface area contributed by atoms with E-state index >= 15 is 0 Å².